The number of carbonyl (C=O) groups is 1. The summed E-state index contributed by atoms with van der Waals surface area (Å²) >= 11 is 5.67. The lowest BCUT2D eigenvalue weighted by atomic mass is 9.96. The number of amides is 1. The maximum absolute atomic E-state index is 11.7. The molecule has 30 heavy (non-hydrogen) atoms. The summed E-state index contributed by atoms with van der Waals surface area (Å²) in [6.45, 7) is 6.74. The summed E-state index contributed by atoms with van der Waals surface area (Å²) in [5, 5.41) is 37.7. The van der Waals surface area contributed by atoms with Crippen molar-refractivity contribution in [3.8, 4) is 11.4 Å². The Labute approximate surface area is 179 Å². The van der Waals surface area contributed by atoms with Gasteiger partial charge < -0.3 is 25.4 Å². The molecule has 0 unspecified atom stereocenters. The minimum Gasteiger partial charge on any atom is -0.394 e. The summed E-state index contributed by atoms with van der Waals surface area (Å²) in [5.74, 6) is 0.206. The lowest BCUT2D eigenvalue weighted by molar-refractivity contribution is -0.219. The number of nitrogens with zero attached hydrogens (tertiary/aromatic N) is 3. The Morgan fingerprint density at radius 1 is 1.27 bits per heavy atom. The van der Waals surface area contributed by atoms with Crippen LogP contribution in [0.1, 0.15) is 38.6 Å². The molecule has 1 fully saturated rings. The van der Waals surface area contributed by atoms with Gasteiger partial charge >= 0.3 is 0 Å². The molecular formula is C20H28N4O5S. The third-order valence-electron chi connectivity index (χ3n) is 5.17. The maximum atomic E-state index is 11.7. The molecule has 2 heterocycles. The Hall–Kier alpha value is -2.11. The molecule has 5 atom stereocenters. The molecule has 0 bridgehead atoms. The van der Waals surface area contributed by atoms with E-state index < -0.39 is 43.1 Å². The zero-order valence-corrected chi connectivity index (χ0v) is 18.2. The van der Waals surface area contributed by atoms with Gasteiger partial charge in [0.2, 0.25) is 10.7 Å². The van der Waals surface area contributed by atoms with Crippen LogP contribution in [0.3, 0.4) is 0 Å². The molecule has 1 saturated heterocycles. The van der Waals surface area contributed by atoms with E-state index in [9.17, 15) is 20.1 Å². The van der Waals surface area contributed by atoms with Crippen LogP contribution >= 0.6 is 12.2 Å². The lowest BCUT2D eigenvalue weighted by Crippen LogP contribution is -2.62. The summed E-state index contributed by atoms with van der Waals surface area (Å²) in [7, 11) is 0. The van der Waals surface area contributed by atoms with Crippen LogP contribution in [0.4, 0.5) is 0 Å². The Morgan fingerprint density at radius 3 is 2.43 bits per heavy atom. The molecule has 0 radical (unpaired) electrons. The van der Waals surface area contributed by atoms with Crippen molar-refractivity contribution < 1.29 is 24.9 Å². The van der Waals surface area contributed by atoms with Gasteiger partial charge in [-0.25, -0.2) is 4.68 Å². The van der Waals surface area contributed by atoms with E-state index >= 15 is 0 Å². The summed E-state index contributed by atoms with van der Waals surface area (Å²) in [6.07, 6.45) is -4.81. The molecule has 1 aliphatic rings. The van der Waals surface area contributed by atoms with Gasteiger partial charge in [0.25, 0.3) is 0 Å². The molecular weight excluding hydrogens is 408 g/mol. The van der Waals surface area contributed by atoms with E-state index in [1.54, 1.807) is 0 Å². The Morgan fingerprint density at radius 2 is 1.90 bits per heavy atom. The third-order valence-corrected chi connectivity index (χ3v) is 5.55. The van der Waals surface area contributed by atoms with Gasteiger partial charge in [0.05, 0.1) is 6.61 Å². The summed E-state index contributed by atoms with van der Waals surface area (Å²) in [6, 6.07) is 6.81. The van der Waals surface area contributed by atoms with Crippen molar-refractivity contribution in [2.24, 2.45) is 0 Å². The van der Waals surface area contributed by atoms with Crippen molar-refractivity contribution in [3.05, 3.63) is 34.6 Å². The number of nitrogens with one attached hydrogen (secondary N) is 1. The van der Waals surface area contributed by atoms with Crippen LogP contribution in [0.25, 0.3) is 11.4 Å². The van der Waals surface area contributed by atoms with E-state index in [1.807, 2.05) is 49.6 Å². The first-order chi connectivity index (χ1) is 14.1. The second-order valence-corrected chi connectivity index (χ2v) is 8.20. The van der Waals surface area contributed by atoms with Crippen LogP contribution in [-0.4, -0.2) is 66.5 Å². The van der Waals surface area contributed by atoms with E-state index in [4.69, 9.17) is 17.0 Å². The molecule has 0 saturated carbocycles. The third kappa shape index (κ3) is 4.19. The number of rotatable bonds is 5. The highest BCUT2D eigenvalue weighted by atomic mass is 32.1. The van der Waals surface area contributed by atoms with E-state index in [0.717, 1.165) is 11.1 Å². The summed E-state index contributed by atoms with van der Waals surface area (Å²) in [4.78, 5) is 11.7. The fourth-order valence-corrected chi connectivity index (χ4v) is 4.06. The SMILES string of the molecule is CC(=O)N[C@H]1[C@H](O)[C@H](O)[C@H](CO)O[C@@H]1n1nc(-c2ccc(C)cc2)n(C(C)C)c1=S. The molecule has 3 rings (SSSR count). The predicted octanol–water partition coefficient (Wildman–Crippen LogP) is 1.09. The van der Waals surface area contributed by atoms with Crippen molar-refractivity contribution in [2.45, 2.75) is 64.3 Å². The second-order valence-electron chi connectivity index (χ2n) is 7.84. The van der Waals surface area contributed by atoms with E-state index in [2.05, 4.69) is 10.4 Å². The number of aliphatic hydroxyl groups excluding tert-OH is 3. The Kier molecular flexibility index (Phi) is 6.73. The quantitative estimate of drug-likeness (QED) is 0.518. The van der Waals surface area contributed by atoms with Gasteiger partial charge in [0.1, 0.15) is 24.4 Å². The number of aliphatic hydroxyl groups is 3. The number of aryl methyl sites for hydroxylation is 1. The first-order valence-electron chi connectivity index (χ1n) is 9.83. The lowest BCUT2D eigenvalue weighted by Gasteiger charge is -2.42. The first kappa shape index (κ1) is 22.6. The van der Waals surface area contributed by atoms with Crippen LogP contribution in [0.2, 0.25) is 0 Å². The van der Waals surface area contributed by atoms with E-state index in [0.29, 0.717) is 10.6 Å². The standard InChI is InChI=1S/C20H28N4O5S/c1-10(2)23-18(13-7-5-11(3)6-8-13)22-24(20(23)30)19-15(21-12(4)26)17(28)16(27)14(9-25)29-19/h5-8,10,14-17,19,25,27-28H,9H2,1-4H3,(H,21,26)/t14-,15-,16+,17-,19-/m0/s1. The number of hydrogen-bond acceptors (Lipinski definition) is 7. The van der Waals surface area contributed by atoms with Gasteiger partial charge in [-0.1, -0.05) is 29.8 Å². The monoisotopic (exact) mass is 436 g/mol. The zero-order valence-electron chi connectivity index (χ0n) is 17.4. The van der Waals surface area contributed by atoms with Crippen molar-refractivity contribution in [2.75, 3.05) is 6.61 Å². The number of carbonyl (C=O) groups excluding carboxylic acids is 1. The molecule has 4 N–H and O–H groups in total. The molecule has 0 spiro atoms. The number of hydrogen-bond donors (Lipinski definition) is 4. The van der Waals surface area contributed by atoms with Crippen LogP contribution in [0.5, 0.6) is 0 Å². The maximum Gasteiger partial charge on any atom is 0.217 e. The van der Waals surface area contributed by atoms with Gasteiger partial charge in [-0.05, 0) is 33.0 Å². The van der Waals surface area contributed by atoms with Crippen molar-refractivity contribution in [1.82, 2.24) is 19.7 Å². The predicted molar refractivity (Wildman–Crippen MR) is 112 cm³/mol. The Bertz CT molecular complexity index is 955. The topological polar surface area (TPSA) is 122 Å². The number of aromatic nitrogens is 3. The molecule has 164 valence electrons. The number of ether oxygens (including phenoxy) is 1. The number of benzene rings is 1. The highest BCUT2D eigenvalue weighted by molar-refractivity contribution is 7.71. The van der Waals surface area contributed by atoms with Crippen LogP contribution < -0.4 is 5.32 Å². The second kappa shape index (κ2) is 8.94. The summed E-state index contributed by atoms with van der Waals surface area (Å²) < 4.78 is 9.46. The van der Waals surface area contributed by atoms with Crippen molar-refractivity contribution in [1.29, 1.82) is 0 Å². The highest BCUT2D eigenvalue weighted by Gasteiger charge is 2.46. The molecule has 0 aliphatic carbocycles. The van der Waals surface area contributed by atoms with Crippen LogP contribution in [-0.2, 0) is 9.53 Å². The minimum atomic E-state index is -1.38. The van der Waals surface area contributed by atoms with E-state index in [-0.39, 0.29) is 6.04 Å². The van der Waals surface area contributed by atoms with Crippen molar-refractivity contribution in [3.63, 3.8) is 0 Å². The summed E-state index contributed by atoms with van der Waals surface area (Å²) in [5.41, 5.74) is 1.96. The first-order valence-corrected chi connectivity index (χ1v) is 10.2. The molecule has 2 aromatic rings. The largest absolute Gasteiger partial charge is 0.394 e. The van der Waals surface area contributed by atoms with Gasteiger partial charge in [0, 0.05) is 18.5 Å². The molecule has 1 aromatic heterocycles. The van der Waals surface area contributed by atoms with Crippen LogP contribution in [0, 0.1) is 11.7 Å². The average Bonchev–Trinajstić information content (AvgIpc) is 3.03. The molecule has 9 nitrogen and oxygen atoms in total. The van der Waals surface area contributed by atoms with E-state index in [1.165, 1.54) is 11.6 Å². The van der Waals surface area contributed by atoms with Gasteiger partial charge in [-0.15, -0.1) is 5.10 Å². The Balaban J connectivity index is 2.14. The highest BCUT2D eigenvalue weighted by Crippen LogP contribution is 2.31. The smallest absolute Gasteiger partial charge is 0.217 e. The van der Waals surface area contributed by atoms with Crippen molar-refractivity contribution >= 4 is 18.1 Å². The fourth-order valence-electron chi connectivity index (χ4n) is 3.62. The molecule has 1 aliphatic heterocycles. The average molecular weight is 437 g/mol. The molecule has 1 amide bonds. The fraction of sp³-hybridized carbons (Fsp3) is 0.550. The molecule has 1 aromatic carbocycles. The molecule has 10 heteroatoms. The minimum absolute atomic E-state index is 0.0190. The zero-order chi connectivity index (χ0) is 22.2. The van der Waals surface area contributed by atoms with Gasteiger partial charge in [-0.2, -0.15) is 0 Å². The van der Waals surface area contributed by atoms with Crippen LogP contribution in [0.15, 0.2) is 24.3 Å². The normalized spacial score (nSPS) is 26.7. The van der Waals surface area contributed by atoms with Gasteiger partial charge in [0.15, 0.2) is 12.1 Å². The van der Waals surface area contributed by atoms with Gasteiger partial charge in [-0.3, -0.25) is 9.36 Å².